The molecule has 0 aliphatic heterocycles. The number of aryl methyl sites for hydroxylation is 1. The van der Waals surface area contributed by atoms with Crippen LogP contribution in [0.3, 0.4) is 0 Å². The van der Waals surface area contributed by atoms with Crippen LogP contribution in [-0.4, -0.2) is 4.98 Å². The lowest BCUT2D eigenvalue weighted by Gasteiger charge is -2.34. The maximum Gasteiger partial charge on any atom is 0.147 e. The minimum Gasteiger partial charge on any atom is -0.356 e. The van der Waals surface area contributed by atoms with Crippen LogP contribution < -0.4 is 0 Å². The molecule has 1 atom stereocenters. The van der Waals surface area contributed by atoms with Gasteiger partial charge in [-0.3, -0.25) is 0 Å². The first-order chi connectivity index (χ1) is 8.47. The van der Waals surface area contributed by atoms with Crippen LogP contribution in [0, 0.1) is 17.2 Å². The van der Waals surface area contributed by atoms with Crippen LogP contribution >= 0.6 is 0 Å². The van der Waals surface area contributed by atoms with Crippen molar-refractivity contribution in [1.82, 2.24) is 4.98 Å². The Kier molecular flexibility index (Phi) is 2.51. The van der Waals surface area contributed by atoms with Gasteiger partial charge in [0.15, 0.2) is 0 Å². The zero-order chi connectivity index (χ0) is 12.9. The lowest BCUT2D eigenvalue weighted by Crippen LogP contribution is -2.26. The molecule has 0 amide bonds. The van der Waals surface area contributed by atoms with Gasteiger partial charge in [-0.25, -0.2) is 4.39 Å². The van der Waals surface area contributed by atoms with Crippen molar-refractivity contribution in [2.75, 3.05) is 0 Å². The highest BCUT2D eigenvalue weighted by Crippen LogP contribution is 2.39. The second-order valence-electron chi connectivity index (χ2n) is 6.55. The molecule has 1 aliphatic carbocycles. The highest BCUT2D eigenvalue weighted by molar-refractivity contribution is 5.85. The molecule has 2 heteroatoms. The fourth-order valence-corrected chi connectivity index (χ4v) is 3.14. The van der Waals surface area contributed by atoms with E-state index in [4.69, 9.17) is 0 Å². The average molecular weight is 245 g/mol. The van der Waals surface area contributed by atoms with E-state index in [9.17, 15) is 4.39 Å². The largest absolute Gasteiger partial charge is 0.356 e. The predicted octanol–water partition coefficient (Wildman–Crippen LogP) is 4.46. The molecule has 1 nitrogen and oxygen atoms in total. The number of H-pyrrole nitrogens is 1. The van der Waals surface area contributed by atoms with E-state index in [1.165, 1.54) is 23.7 Å². The quantitative estimate of drug-likeness (QED) is 0.705. The van der Waals surface area contributed by atoms with Crippen LogP contribution in [0.25, 0.3) is 10.9 Å². The number of aromatic nitrogens is 1. The van der Waals surface area contributed by atoms with Gasteiger partial charge >= 0.3 is 0 Å². The van der Waals surface area contributed by atoms with E-state index in [-0.39, 0.29) is 5.82 Å². The van der Waals surface area contributed by atoms with E-state index in [1.54, 1.807) is 0 Å². The number of fused-ring (bicyclic) bond motifs is 3. The molecular formula is C16H20FN. The number of hydrogen-bond acceptors (Lipinski definition) is 0. The minimum atomic E-state index is -0.130. The van der Waals surface area contributed by atoms with Gasteiger partial charge in [-0.05, 0) is 42.2 Å². The second kappa shape index (κ2) is 3.84. The first kappa shape index (κ1) is 11.8. The number of aromatic amines is 1. The number of benzene rings is 1. The van der Waals surface area contributed by atoms with E-state index in [1.807, 2.05) is 12.1 Å². The number of nitrogens with one attached hydrogen (secondary N) is 1. The molecule has 1 N–H and O–H groups in total. The first-order valence-electron chi connectivity index (χ1n) is 6.75. The van der Waals surface area contributed by atoms with E-state index >= 15 is 0 Å². The number of halogens is 1. The van der Waals surface area contributed by atoms with Gasteiger partial charge in [-0.15, -0.1) is 0 Å². The van der Waals surface area contributed by atoms with Crippen LogP contribution in [-0.2, 0) is 12.8 Å². The number of rotatable bonds is 0. The lowest BCUT2D eigenvalue weighted by molar-refractivity contribution is 0.216. The number of para-hydroxylation sites is 1. The third-order valence-corrected chi connectivity index (χ3v) is 4.40. The normalized spacial score (nSPS) is 20.1. The van der Waals surface area contributed by atoms with Crippen molar-refractivity contribution in [3.8, 4) is 0 Å². The molecule has 1 aromatic carbocycles. The van der Waals surface area contributed by atoms with Crippen LogP contribution in [0.4, 0.5) is 4.39 Å². The Labute approximate surface area is 107 Å². The van der Waals surface area contributed by atoms with E-state index in [0.717, 1.165) is 18.2 Å². The molecule has 96 valence electrons. The predicted molar refractivity (Wildman–Crippen MR) is 73.2 cm³/mol. The maximum atomic E-state index is 13.8. The summed E-state index contributed by atoms with van der Waals surface area (Å²) in [5.41, 5.74) is 3.61. The van der Waals surface area contributed by atoms with Crippen molar-refractivity contribution in [2.45, 2.75) is 40.0 Å². The maximum absolute atomic E-state index is 13.8. The summed E-state index contributed by atoms with van der Waals surface area (Å²) in [6.07, 6.45) is 3.32. The van der Waals surface area contributed by atoms with Crippen molar-refractivity contribution < 1.29 is 4.39 Å². The van der Waals surface area contributed by atoms with Gasteiger partial charge in [-0.2, -0.15) is 0 Å². The highest BCUT2D eigenvalue weighted by atomic mass is 19.1. The van der Waals surface area contributed by atoms with Crippen LogP contribution in [0.5, 0.6) is 0 Å². The third-order valence-electron chi connectivity index (χ3n) is 4.40. The molecule has 1 unspecified atom stereocenters. The molecule has 2 aromatic rings. The molecule has 0 saturated carbocycles. The zero-order valence-electron chi connectivity index (χ0n) is 11.3. The number of hydrogen-bond donors (Lipinski definition) is 1. The fourth-order valence-electron chi connectivity index (χ4n) is 3.14. The van der Waals surface area contributed by atoms with Gasteiger partial charge in [-0.1, -0.05) is 32.9 Å². The van der Waals surface area contributed by atoms with Gasteiger partial charge < -0.3 is 4.98 Å². The molecule has 1 heterocycles. The first-order valence-corrected chi connectivity index (χ1v) is 6.75. The molecule has 1 aliphatic rings. The van der Waals surface area contributed by atoms with E-state index < -0.39 is 0 Å². The lowest BCUT2D eigenvalue weighted by atomic mass is 9.71. The minimum absolute atomic E-state index is 0.130. The van der Waals surface area contributed by atoms with Gasteiger partial charge in [0.25, 0.3) is 0 Å². The van der Waals surface area contributed by atoms with Crippen LogP contribution in [0.1, 0.15) is 38.4 Å². The molecule has 0 bridgehead atoms. The van der Waals surface area contributed by atoms with Crippen LogP contribution in [0.2, 0.25) is 0 Å². The van der Waals surface area contributed by atoms with Gasteiger partial charge in [0, 0.05) is 11.1 Å². The van der Waals surface area contributed by atoms with Crippen molar-refractivity contribution in [3.63, 3.8) is 0 Å². The van der Waals surface area contributed by atoms with Crippen molar-refractivity contribution in [2.24, 2.45) is 11.3 Å². The van der Waals surface area contributed by atoms with E-state index in [2.05, 4.69) is 25.8 Å². The molecule has 18 heavy (non-hydrogen) atoms. The third kappa shape index (κ3) is 1.75. The van der Waals surface area contributed by atoms with Crippen LogP contribution in [0.15, 0.2) is 18.2 Å². The van der Waals surface area contributed by atoms with Crippen molar-refractivity contribution in [3.05, 3.63) is 35.3 Å². The topological polar surface area (TPSA) is 15.8 Å². The molecule has 0 fully saturated rings. The van der Waals surface area contributed by atoms with Crippen molar-refractivity contribution in [1.29, 1.82) is 0 Å². The Balaban J connectivity index is 2.10. The SMILES string of the molecule is CC(C)(C)C1CCc2[nH]c3c(F)cccc3c2C1. The molecule has 0 saturated heterocycles. The Bertz CT molecular complexity index is 589. The molecule has 3 rings (SSSR count). The zero-order valence-corrected chi connectivity index (χ0v) is 11.3. The molecular weight excluding hydrogens is 225 g/mol. The van der Waals surface area contributed by atoms with E-state index in [0.29, 0.717) is 16.8 Å². The summed E-state index contributed by atoms with van der Waals surface area (Å²) < 4.78 is 13.8. The molecule has 0 radical (unpaired) electrons. The van der Waals surface area contributed by atoms with Gasteiger partial charge in [0.05, 0.1) is 5.52 Å². The summed E-state index contributed by atoms with van der Waals surface area (Å²) in [4.78, 5) is 3.28. The Morgan fingerprint density at radius 1 is 1.28 bits per heavy atom. The fraction of sp³-hybridized carbons (Fsp3) is 0.500. The highest BCUT2D eigenvalue weighted by Gasteiger charge is 2.30. The monoisotopic (exact) mass is 245 g/mol. The average Bonchev–Trinajstić information content (AvgIpc) is 2.67. The Morgan fingerprint density at radius 2 is 2.06 bits per heavy atom. The standard InChI is InChI=1S/C16H20FN/c1-16(2,3)10-7-8-14-12(9-10)11-5-4-6-13(17)15(11)18-14/h4-6,10,18H,7-9H2,1-3H3. The summed E-state index contributed by atoms with van der Waals surface area (Å²) in [5, 5.41) is 1.08. The van der Waals surface area contributed by atoms with Gasteiger partial charge in [0.1, 0.15) is 5.82 Å². The second-order valence-corrected chi connectivity index (χ2v) is 6.55. The molecule has 0 spiro atoms. The summed E-state index contributed by atoms with van der Waals surface area (Å²) in [6, 6.07) is 5.39. The Hall–Kier alpha value is -1.31. The summed E-state index contributed by atoms with van der Waals surface area (Å²) >= 11 is 0. The summed E-state index contributed by atoms with van der Waals surface area (Å²) in [6.45, 7) is 6.91. The summed E-state index contributed by atoms with van der Waals surface area (Å²) in [5.74, 6) is 0.557. The van der Waals surface area contributed by atoms with Gasteiger partial charge in [0.2, 0.25) is 0 Å². The molecule has 1 aromatic heterocycles. The Morgan fingerprint density at radius 3 is 2.78 bits per heavy atom. The summed E-state index contributed by atoms with van der Waals surface area (Å²) in [7, 11) is 0. The smallest absolute Gasteiger partial charge is 0.147 e. The van der Waals surface area contributed by atoms with Crippen molar-refractivity contribution >= 4 is 10.9 Å².